The Morgan fingerprint density at radius 2 is 1.89 bits per heavy atom. The summed E-state index contributed by atoms with van der Waals surface area (Å²) in [7, 11) is 1.63. The van der Waals surface area contributed by atoms with E-state index in [1.54, 1.807) is 7.11 Å². The number of ether oxygens (including phenoxy) is 2. The molecule has 0 saturated carbocycles. The Labute approximate surface area is 115 Å². The molecule has 0 aromatic heterocycles. The van der Waals surface area contributed by atoms with Crippen molar-refractivity contribution in [1.29, 1.82) is 0 Å². The molecule has 1 fully saturated rings. The largest absolute Gasteiger partial charge is 0.496 e. The number of hydrogen-bond acceptors (Lipinski definition) is 3. The molecule has 1 N–H and O–H groups in total. The van der Waals surface area contributed by atoms with Crippen LogP contribution in [0.5, 0.6) is 5.75 Å². The standard InChI is InChI=1S/C16H24O3/c1-15(2)10-12(16(3,4)19-15)14(17)11-8-6-7-9-13(11)18-5/h6-9,12,14,17H,10H2,1-5H3. The lowest BCUT2D eigenvalue weighted by atomic mass is 9.80. The summed E-state index contributed by atoms with van der Waals surface area (Å²) in [6, 6.07) is 7.64. The van der Waals surface area contributed by atoms with Crippen LogP contribution in [0.4, 0.5) is 0 Å². The molecule has 1 saturated heterocycles. The van der Waals surface area contributed by atoms with Gasteiger partial charge in [-0.3, -0.25) is 0 Å². The van der Waals surface area contributed by atoms with Crippen LogP contribution >= 0.6 is 0 Å². The summed E-state index contributed by atoms with van der Waals surface area (Å²) in [5.74, 6) is 0.786. The first-order valence-electron chi connectivity index (χ1n) is 6.78. The summed E-state index contributed by atoms with van der Waals surface area (Å²) in [6.45, 7) is 8.24. The van der Waals surface area contributed by atoms with E-state index in [0.29, 0.717) is 0 Å². The van der Waals surface area contributed by atoms with E-state index in [4.69, 9.17) is 9.47 Å². The maximum Gasteiger partial charge on any atom is 0.124 e. The lowest BCUT2D eigenvalue weighted by Crippen LogP contribution is -2.32. The Balaban J connectivity index is 2.31. The maximum absolute atomic E-state index is 10.7. The smallest absolute Gasteiger partial charge is 0.124 e. The average Bonchev–Trinajstić information content (AvgIpc) is 2.56. The van der Waals surface area contributed by atoms with Crippen LogP contribution in [0.2, 0.25) is 0 Å². The summed E-state index contributed by atoms with van der Waals surface area (Å²) < 4.78 is 11.4. The van der Waals surface area contributed by atoms with Crippen molar-refractivity contribution < 1.29 is 14.6 Å². The van der Waals surface area contributed by atoms with Crippen molar-refractivity contribution in [3.63, 3.8) is 0 Å². The lowest BCUT2D eigenvalue weighted by Gasteiger charge is -2.31. The molecule has 1 aromatic rings. The monoisotopic (exact) mass is 264 g/mol. The zero-order valence-corrected chi connectivity index (χ0v) is 12.4. The number of hydrogen-bond donors (Lipinski definition) is 1. The van der Waals surface area contributed by atoms with Gasteiger partial charge >= 0.3 is 0 Å². The maximum atomic E-state index is 10.7. The molecule has 3 nitrogen and oxygen atoms in total. The number of aliphatic hydroxyl groups is 1. The first kappa shape index (κ1) is 14.4. The van der Waals surface area contributed by atoms with Crippen LogP contribution in [0.3, 0.4) is 0 Å². The molecule has 19 heavy (non-hydrogen) atoms. The van der Waals surface area contributed by atoms with Crippen LogP contribution in [-0.2, 0) is 4.74 Å². The molecule has 0 bridgehead atoms. The van der Waals surface area contributed by atoms with Crippen molar-refractivity contribution in [2.45, 2.75) is 51.4 Å². The van der Waals surface area contributed by atoms with Gasteiger partial charge in [-0.2, -0.15) is 0 Å². The van der Waals surface area contributed by atoms with E-state index in [9.17, 15) is 5.11 Å². The van der Waals surface area contributed by atoms with Gasteiger partial charge in [-0.25, -0.2) is 0 Å². The highest BCUT2D eigenvalue weighted by molar-refractivity contribution is 5.36. The number of para-hydroxylation sites is 1. The summed E-state index contributed by atoms with van der Waals surface area (Å²) in [5, 5.41) is 10.7. The number of rotatable bonds is 3. The van der Waals surface area contributed by atoms with Gasteiger partial charge < -0.3 is 14.6 Å². The number of methoxy groups -OCH3 is 1. The van der Waals surface area contributed by atoms with Crippen molar-refractivity contribution in [2.75, 3.05) is 7.11 Å². The van der Waals surface area contributed by atoms with Crippen LogP contribution in [0, 0.1) is 5.92 Å². The molecule has 2 atom stereocenters. The van der Waals surface area contributed by atoms with Crippen molar-refractivity contribution in [3.8, 4) is 5.75 Å². The molecule has 1 heterocycles. The molecule has 3 heteroatoms. The first-order valence-corrected chi connectivity index (χ1v) is 6.78. The van der Waals surface area contributed by atoms with Crippen molar-refractivity contribution in [3.05, 3.63) is 29.8 Å². The SMILES string of the molecule is COc1ccccc1C(O)C1CC(C)(C)OC1(C)C. The van der Waals surface area contributed by atoms with E-state index in [-0.39, 0.29) is 17.1 Å². The van der Waals surface area contributed by atoms with E-state index in [1.165, 1.54) is 0 Å². The normalized spacial score (nSPS) is 26.1. The molecule has 0 spiro atoms. The summed E-state index contributed by atoms with van der Waals surface area (Å²) >= 11 is 0. The van der Waals surface area contributed by atoms with Gasteiger partial charge in [0, 0.05) is 11.5 Å². The van der Waals surface area contributed by atoms with Gasteiger partial charge in [-0.05, 0) is 40.2 Å². The Bertz CT molecular complexity index is 451. The topological polar surface area (TPSA) is 38.7 Å². The third kappa shape index (κ3) is 2.77. The molecular weight excluding hydrogens is 240 g/mol. The Hall–Kier alpha value is -1.06. The fraction of sp³-hybridized carbons (Fsp3) is 0.625. The van der Waals surface area contributed by atoms with E-state index in [1.807, 2.05) is 38.1 Å². The fourth-order valence-corrected chi connectivity index (χ4v) is 3.22. The van der Waals surface area contributed by atoms with Gasteiger partial charge in [0.2, 0.25) is 0 Å². The van der Waals surface area contributed by atoms with Crippen molar-refractivity contribution >= 4 is 0 Å². The fourth-order valence-electron chi connectivity index (χ4n) is 3.22. The van der Waals surface area contributed by atoms with Gasteiger partial charge in [-0.1, -0.05) is 18.2 Å². The van der Waals surface area contributed by atoms with Gasteiger partial charge in [0.05, 0.1) is 24.4 Å². The first-order chi connectivity index (χ1) is 8.77. The Morgan fingerprint density at radius 1 is 1.26 bits per heavy atom. The molecule has 1 aliphatic rings. The number of benzene rings is 1. The predicted octanol–water partition coefficient (Wildman–Crippen LogP) is 3.32. The highest BCUT2D eigenvalue weighted by Crippen LogP contribution is 2.48. The zero-order valence-electron chi connectivity index (χ0n) is 12.4. The molecule has 2 rings (SSSR count). The highest BCUT2D eigenvalue weighted by Gasteiger charge is 2.49. The predicted molar refractivity (Wildman–Crippen MR) is 75.3 cm³/mol. The van der Waals surface area contributed by atoms with Crippen LogP contribution in [0.15, 0.2) is 24.3 Å². The molecular formula is C16H24O3. The Kier molecular flexibility index (Phi) is 3.63. The van der Waals surface area contributed by atoms with E-state index in [0.717, 1.165) is 17.7 Å². The zero-order chi connectivity index (χ0) is 14.3. The Morgan fingerprint density at radius 3 is 2.42 bits per heavy atom. The van der Waals surface area contributed by atoms with Gasteiger partial charge in [0.15, 0.2) is 0 Å². The molecule has 106 valence electrons. The van der Waals surface area contributed by atoms with Crippen LogP contribution in [0.25, 0.3) is 0 Å². The molecule has 0 amide bonds. The van der Waals surface area contributed by atoms with Gasteiger partial charge in [0.1, 0.15) is 5.75 Å². The minimum Gasteiger partial charge on any atom is -0.496 e. The average molecular weight is 264 g/mol. The van der Waals surface area contributed by atoms with Gasteiger partial charge in [0.25, 0.3) is 0 Å². The third-order valence-corrected chi connectivity index (χ3v) is 3.98. The summed E-state index contributed by atoms with van der Waals surface area (Å²) in [4.78, 5) is 0. The highest BCUT2D eigenvalue weighted by atomic mass is 16.5. The van der Waals surface area contributed by atoms with Crippen LogP contribution in [0.1, 0.15) is 45.8 Å². The second-order valence-electron chi connectivity index (χ2n) is 6.46. The molecule has 0 radical (unpaired) electrons. The third-order valence-electron chi connectivity index (χ3n) is 3.98. The number of aliphatic hydroxyl groups excluding tert-OH is 1. The van der Waals surface area contributed by atoms with Crippen molar-refractivity contribution in [1.82, 2.24) is 0 Å². The van der Waals surface area contributed by atoms with Crippen molar-refractivity contribution in [2.24, 2.45) is 5.92 Å². The second-order valence-corrected chi connectivity index (χ2v) is 6.46. The van der Waals surface area contributed by atoms with Crippen LogP contribution in [-0.4, -0.2) is 23.4 Å². The summed E-state index contributed by atoms with van der Waals surface area (Å²) in [5.41, 5.74) is 0.297. The van der Waals surface area contributed by atoms with E-state index >= 15 is 0 Å². The summed E-state index contributed by atoms with van der Waals surface area (Å²) in [6.07, 6.45) is 0.257. The lowest BCUT2D eigenvalue weighted by molar-refractivity contribution is -0.0881. The minimum atomic E-state index is -0.576. The molecule has 0 aliphatic carbocycles. The minimum absolute atomic E-state index is 0.0544. The molecule has 1 aromatic carbocycles. The second kappa shape index (κ2) is 4.80. The van der Waals surface area contributed by atoms with Gasteiger partial charge in [-0.15, -0.1) is 0 Å². The van der Waals surface area contributed by atoms with Crippen LogP contribution < -0.4 is 4.74 Å². The molecule has 2 unspecified atom stereocenters. The molecule has 1 aliphatic heterocycles. The quantitative estimate of drug-likeness (QED) is 0.910. The van der Waals surface area contributed by atoms with E-state index < -0.39 is 6.10 Å². The van der Waals surface area contributed by atoms with E-state index in [2.05, 4.69) is 13.8 Å².